The predicted octanol–water partition coefficient (Wildman–Crippen LogP) is 3.44. The lowest BCUT2D eigenvalue weighted by atomic mass is 10.0. The van der Waals surface area contributed by atoms with E-state index in [9.17, 15) is 4.39 Å². The third kappa shape index (κ3) is 2.80. The maximum Gasteiger partial charge on any atom is 0.126 e. The van der Waals surface area contributed by atoms with E-state index in [2.05, 4.69) is 12.0 Å². The predicted molar refractivity (Wildman–Crippen MR) is 74.7 cm³/mol. The van der Waals surface area contributed by atoms with Crippen molar-refractivity contribution in [3.05, 3.63) is 52.1 Å². The van der Waals surface area contributed by atoms with Gasteiger partial charge in [0.25, 0.3) is 0 Å². The molecular formula is C14H17ClFN3. The van der Waals surface area contributed by atoms with Crippen molar-refractivity contribution in [3.8, 4) is 0 Å². The second-order valence-corrected chi connectivity index (χ2v) is 4.99. The lowest BCUT2D eigenvalue weighted by Gasteiger charge is -2.16. The highest BCUT2D eigenvalue weighted by molar-refractivity contribution is 6.31. The van der Waals surface area contributed by atoms with Gasteiger partial charge in [-0.3, -0.25) is 4.68 Å². The van der Waals surface area contributed by atoms with E-state index in [1.807, 2.05) is 4.68 Å². The molecule has 2 rings (SSSR count). The number of nitrogens with two attached hydrogens (primary N) is 1. The maximum atomic E-state index is 13.3. The van der Waals surface area contributed by atoms with Crippen LogP contribution in [0.3, 0.4) is 0 Å². The summed E-state index contributed by atoms with van der Waals surface area (Å²) in [5.41, 5.74) is 8.42. The van der Waals surface area contributed by atoms with Crippen molar-refractivity contribution in [2.45, 2.75) is 32.9 Å². The number of nitrogens with zero attached hydrogens (tertiary/aromatic N) is 2. The van der Waals surface area contributed by atoms with Gasteiger partial charge in [-0.15, -0.1) is 0 Å². The highest BCUT2D eigenvalue weighted by Crippen LogP contribution is 2.27. The Bertz CT molecular complexity index is 580. The number of hydrogen-bond acceptors (Lipinski definition) is 2. The molecule has 0 bridgehead atoms. The lowest BCUT2D eigenvalue weighted by Crippen LogP contribution is -2.18. The lowest BCUT2D eigenvalue weighted by molar-refractivity contribution is 0.559. The first-order valence-corrected chi connectivity index (χ1v) is 6.65. The number of hydrogen-bond donors (Lipinski definition) is 1. The van der Waals surface area contributed by atoms with Crippen LogP contribution >= 0.6 is 11.6 Å². The molecule has 0 saturated heterocycles. The zero-order valence-electron chi connectivity index (χ0n) is 11.0. The molecule has 102 valence electrons. The molecule has 0 radical (unpaired) electrons. The van der Waals surface area contributed by atoms with Gasteiger partial charge in [0.2, 0.25) is 0 Å². The number of aryl methyl sites for hydroxylation is 2. The second-order valence-electron chi connectivity index (χ2n) is 4.59. The van der Waals surface area contributed by atoms with Crippen LogP contribution in [-0.4, -0.2) is 9.78 Å². The summed E-state index contributed by atoms with van der Waals surface area (Å²) in [6.45, 7) is 4.54. The van der Waals surface area contributed by atoms with Crippen molar-refractivity contribution < 1.29 is 4.39 Å². The molecule has 1 heterocycles. The first-order valence-electron chi connectivity index (χ1n) is 6.27. The zero-order valence-corrected chi connectivity index (χ0v) is 11.8. The average molecular weight is 282 g/mol. The Kier molecular flexibility index (Phi) is 4.22. The van der Waals surface area contributed by atoms with E-state index < -0.39 is 6.04 Å². The molecule has 2 aromatic rings. The highest BCUT2D eigenvalue weighted by Gasteiger charge is 2.18. The van der Waals surface area contributed by atoms with E-state index in [-0.39, 0.29) is 5.82 Å². The molecule has 5 heteroatoms. The van der Waals surface area contributed by atoms with Crippen molar-refractivity contribution >= 4 is 11.6 Å². The van der Waals surface area contributed by atoms with Gasteiger partial charge >= 0.3 is 0 Å². The molecule has 0 aliphatic carbocycles. The Balaban J connectivity index is 2.40. The van der Waals surface area contributed by atoms with Gasteiger partial charge < -0.3 is 5.73 Å². The van der Waals surface area contributed by atoms with E-state index in [4.69, 9.17) is 17.3 Å². The van der Waals surface area contributed by atoms with Crippen LogP contribution < -0.4 is 5.73 Å². The van der Waals surface area contributed by atoms with Crippen LogP contribution in [0.1, 0.15) is 36.2 Å². The fourth-order valence-electron chi connectivity index (χ4n) is 2.09. The van der Waals surface area contributed by atoms with E-state index >= 15 is 0 Å². The normalized spacial score (nSPS) is 12.7. The summed E-state index contributed by atoms with van der Waals surface area (Å²) in [5.74, 6) is -0.232. The Labute approximate surface area is 117 Å². The third-order valence-corrected chi connectivity index (χ3v) is 3.40. The third-order valence-electron chi connectivity index (χ3n) is 3.10. The summed E-state index contributed by atoms with van der Waals surface area (Å²) in [4.78, 5) is 0. The molecule has 3 nitrogen and oxygen atoms in total. The molecule has 0 aliphatic rings. The molecule has 1 aromatic heterocycles. The summed E-state index contributed by atoms with van der Waals surface area (Å²) < 4.78 is 15.1. The molecule has 1 atom stereocenters. The van der Waals surface area contributed by atoms with Gasteiger partial charge in [-0.25, -0.2) is 4.39 Å². The van der Waals surface area contributed by atoms with Crippen molar-refractivity contribution in [2.75, 3.05) is 0 Å². The molecule has 0 aliphatic heterocycles. The van der Waals surface area contributed by atoms with Crippen LogP contribution in [0, 0.1) is 12.7 Å². The van der Waals surface area contributed by atoms with Crippen molar-refractivity contribution in [3.63, 3.8) is 0 Å². The van der Waals surface area contributed by atoms with Crippen molar-refractivity contribution in [1.82, 2.24) is 9.78 Å². The van der Waals surface area contributed by atoms with E-state index in [0.717, 1.165) is 24.2 Å². The number of benzene rings is 1. The summed E-state index contributed by atoms with van der Waals surface area (Å²) in [5, 5.41) is 4.77. The molecule has 2 N–H and O–H groups in total. The molecule has 1 aromatic carbocycles. The smallest absolute Gasteiger partial charge is 0.126 e. The molecular weight excluding hydrogens is 265 g/mol. The minimum Gasteiger partial charge on any atom is -0.319 e. The fourth-order valence-corrected chi connectivity index (χ4v) is 2.35. The Morgan fingerprint density at radius 3 is 2.84 bits per heavy atom. The van der Waals surface area contributed by atoms with Crippen LogP contribution in [0.4, 0.5) is 4.39 Å². The summed E-state index contributed by atoms with van der Waals surface area (Å²) >= 11 is 6.16. The Hall–Kier alpha value is -1.39. The van der Waals surface area contributed by atoms with Gasteiger partial charge in [-0.05, 0) is 30.5 Å². The minimum atomic E-state index is -0.402. The summed E-state index contributed by atoms with van der Waals surface area (Å²) in [7, 11) is 0. The van der Waals surface area contributed by atoms with E-state index in [1.165, 1.54) is 6.07 Å². The summed E-state index contributed by atoms with van der Waals surface area (Å²) in [6.07, 6.45) is 2.54. The average Bonchev–Trinajstić information content (AvgIpc) is 2.74. The number of aromatic nitrogens is 2. The molecule has 0 spiro atoms. The monoisotopic (exact) mass is 281 g/mol. The number of rotatable bonds is 4. The van der Waals surface area contributed by atoms with Crippen LogP contribution in [0.25, 0.3) is 0 Å². The van der Waals surface area contributed by atoms with Gasteiger partial charge in [0.1, 0.15) is 5.82 Å². The topological polar surface area (TPSA) is 43.8 Å². The van der Waals surface area contributed by atoms with E-state index in [1.54, 1.807) is 25.3 Å². The molecule has 0 amide bonds. The molecule has 0 saturated carbocycles. The first-order chi connectivity index (χ1) is 9.04. The fraction of sp³-hybridized carbons (Fsp3) is 0.357. The van der Waals surface area contributed by atoms with Crippen LogP contribution in [0.5, 0.6) is 0 Å². The zero-order chi connectivity index (χ0) is 14.0. The standard InChI is InChI=1S/C14H17ClFN3/c1-3-6-19-14(11(15)8-18-19)13(17)10-4-5-12(16)9(2)7-10/h4-5,7-8,13H,3,6,17H2,1-2H3. The summed E-state index contributed by atoms with van der Waals surface area (Å²) in [6, 6.07) is 4.46. The van der Waals surface area contributed by atoms with Crippen LogP contribution in [0.15, 0.2) is 24.4 Å². The van der Waals surface area contributed by atoms with Gasteiger partial charge in [-0.1, -0.05) is 30.7 Å². The second kappa shape index (κ2) is 5.72. The number of halogens is 2. The SMILES string of the molecule is CCCn1ncc(Cl)c1C(N)c1ccc(F)c(C)c1. The highest BCUT2D eigenvalue weighted by atomic mass is 35.5. The largest absolute Gasteiger partial charge is 0.319 e. The van der Waals surface area contributed by atoms with Gasteiger partial charge in [0.15, 0.2) is 0 Å². The van der Waals surface area contributed by atoms with E-state index in [0.29, 0.717) is 10.6 Å². The van der Waals surface area contributed by atoms with Crippen molar-refractivity contribution in [1.29, 1.82) is 0 Å². The first kappa shape index (κ1) is 14.0. The minimum absolute atomic E-state index is 0.232. The Morgan fingerprint density at radius 1 is 1.47 bits per heavy atom. The molecule has 1 unspecified atom stereocenters. The molecule has 0 fully saturated rings. The van der Waals surface area contributed by atoms with Gasteiger partial charge in [0.05, 0.1) is 23.0 Å². The van der Waals surface area contributed by atoms with Crippen LogP contribution in [0.2, 0.25) is 5.02 Å². The van der Waals surface area contributed by atoms with Gasteiger partial charge in [-0.2, -0.15) is 5.10 Å². The maximum absolute atomic E-state index is 13.3. The van der Waals surface area contributed by atoms with Crippen molar-refractivity contribution in [2.24, 2.45) is 5.73 Å². The van der Waals surface area contributed by atoms with Gasteiger partial charge in [0, 0.05) is 6.54 Å². The molecule has 19 heavy (non-hydrogen) atoms. The quantitative estimate of drug-likeness (QED) is 0.933. The van der Waals surface area contributed by atoms with Crippen LogP contribution in [-0.2, 0) is 6.54 Å². The Morgan fingerprint density at radius 2 is 2.21 bits per heavy atom.